The Morgan fingerprint density at radius 3 is 2.29 bits per heavy atom. The number of sulfonamides is 1. The third-order valence-electron chi connectivity index (χ3n) is 4.38. The van der Waals surface area contributed by atoms with Crippen molar-refractivity contribution in [1.82, 2.24) is 4.31 Å². The maximum Gasteiger partial charge on any atom is 0.243 e. The number of nitrogens with zero attached hydrogens (tertiary/aromatic N) is 1. The Hall–Kier alpha value is -1.15. The van der Waals surface area contributed by atoms with Crippen molar-refractivity contribution in [3.05, 3.63) is 23.3 Å². The van der Waals surface area contributed by atoms with Gasteiger partial charge < -0.3 is 15.2 Å². The summed E-state index contributed by atoms with van der Waals surface area (Å²) >= 11 is 0. The first-order valence-electron chi connectivity index (χ1n) is 8.37. The molecule has 24 heavy (non-hydrogen) atoms. The van der Waals surface area contributed by atoms with E-state index in [9.17, 15) is 8.42 Å². The van der Waals surface area contributed by atoms with Crippen LogP contribution >= 0.6 is 0 Å². The van der Waals surface area contributed by atoms with Gasteiger partial charge >= 0.3 is 0 Å². The molecule has 0 atom stereocenters. The number of rotatable bonds is 7. The van der Waals surface area contributed by atoms with Gasteiger partial charge in [0.05, 0.1) is 18.1 Å². The van der Waals surface area contributed by atoms with Crippen molar-refractivity contribution >= 4 is 10.0 Å². The Kier molecular flexibility index (Phi) is 6.62. The van der Waals surface area contributed by atoms with Gasteiger partial charge in [0.15, 0.2) is 0 Å². The highest BCUT2D eigenvalue weighted by Crippen LogP contribution is 2.29. The van der Waals surface area contributed by atoms with Gasteiger partial charge in [0.25, 0.3) is 0 Å². The van der Waals surface area contributed by atoms with E-state index in [0.29, 0.717) is 31.1 Å². The second kappa shape index (κ2) is 8.29. The zero-order chi connectivity index (χ0) is 17.7. The van der Waals surface area contributed by atoms with Crippen LogP contribution in [0.2, 0.25) is 0 Å². The van der Waals surface area contributed by atoms with E-state index < -0.39 is 10.0 Å². The normalized spacial score (nSPS) is 17.2. The van der Waals surface area contributed by atoms with E-state index in [2.05, 4.69) is 0 Å². The average molecular weight is 356 g/mol. The molecule has 0 radical (unpaired) electrons. The van der Waals surface area contributed by atoms with E-state index in [-0.39, 0.29) is 6.10 Å². The first-order valence-corrected chi connectivity index (χ1v) is 9.81. The predicted octanol–water partition coefficient (Wildman–Crippen LogP) is 1.83. The van der Waals surface area contributed by atoms with Crippen molar-refractivity contribution in [2.75, 3.05) is 33.4 Å². The number of hydrogen-bond donors (Lipinski definition) is 1. The van der Waals surface area contributed by atoms with E-state index in [1.165, 1.54) is 0 Å². The van der Waals surface area contributed by atoms with Crippen molar-refractivity contribution in [3.63, 3.8) is 0 Å². The molecule has 0 amide bonds. The summed E-state index contributed by atoms with van der Waals surface area (Å²) in [6, 6.07) is 3.37. The fourth-order valence-corrected chi connectivity index (χ4v) is 4.74. The van der Waals surface area contributed by atoms with Crippen molar-refractivity contribution in [2.45, 2.75) is 44.1 Å². The zero-order valence-electron chi connectivity index (χ0n) is 14.7. The van der Waals surface area contributed by atoms with E-state index in [0.717, 1.165) is 36.1 Å². The van der Waals surface area contributed by atoms with Crippen molar-refractivity contribution in [3.8, 4) is 5.75 Å². The van der Waals surface area contributed by atoms with Crippen LogP contribution in [0, 0.1) is 13.8 Å². The Bertz CT molecular complexity index is 630. The van der Waals surface area contributed by atoms with E-state index in [4.69, 9.17) is 15.2 Å². The van der Waals surface area contributed by atoms with Gasteiger partial charge in [0.1, 0.15) is 5.75 Å². The molecule has 0 bridgehead atoms. The van der Waals surface area contributed by atoms with Gasteiger partial charge in [-0.25, -0.2) is 8.42 Å². The van der Waals surface area contributed by atoms with Gasteiger partial charge in [-0.1, -0.05) is 0 Å². The quantitative estimate of drug-likeness (QED) is 0.754. The predicted molar refractivity (Wildman–Crippen MR) is 93.9 cm³/mol. The molecular weight excluding hydrogens is 328 g/mol. The summed E-state index contributed by atoms with van der Waals surface area (Å²) in [5.41, 5.74) is 7.12. The summed E-state index contributed by atoms with van der Waals surface area (Å²) < 4.78 is 38.4. The van der Waals surface area contributed by atoms with Crippen molar-refractivity contribution in [2.24, 2.45) is 5.73 Å². The standard InChI is InChI=1S/C17H28N2O4S/c1-13-11-16(12-14(2)17(13)22-3)24(20,21)19-8-5-15(6-9-19)23-10-4-7-18/h11-12,15H,4-10,18H2,1-3H3. The van der Waals surface area contributed by atoms with Crippen LogP contribution in [0.5, 0.6) is 5.75 Å². The van der Waals surface area contributed by atoms with Gasteiger partial charge in [-0.3, -0.25) is 0 Å². The highest BCUT2D eigenvalue weighted by Gasteiger charge is 2.30. The maximum atomic E-state index is 12.9. The summed E-state index contributed by atoms with van der Waals surface area (Å²) in [5.74, 6) is 0.737. The highest BCUT2D eigenvalue weighted by molar-refractivity contribution is 7.89. The molecule has 0 aromatic heterocycles. The fraction of sp³-hybridized carbons (Fsp3) is 0.647. The van der Waals surface area contributed by atoms with Crippen LogP contribution in [0.1, 0.15) is 30.4 Å². The van der Waals surface area contributed by atoms with Crippen LogP contribution in [-0.2, 0) is 14.8 Å². The molecule has 0 unspecified atom stereocenters. The third kappa shape index (κ3) is 4.27. The molecular formula is C17H28N2O4S. The third-order valence-corrected chi connectivity index (χ3v) is 6.26. The monoisotopic (exact) mass is 356 g/mol. The molecule has 2 rings (SSSR count). The fourth-order valence-electron chi connectivity index (χ4n) is 3.10. The largest absolute Gasteiger partial charge is 0.496 e. The molecule has 0 aliphatic carbocycles. The van der Waals surface area contributed by atoms with Crippen LogP contribution in [0.4, 0.5) is 0 Å². The molecule has 0 saturated carbocycles. The molecule has 136 valence electrons. The van der Waals surface area contributed by atoms with Crippen LogP contribution in [0.3, 0.4) is 0 Å². The second-order valence-electron chi connectivity index (χ2n) is 6.21. The van der Waals surface area contributed by atoms with E-state index >= 15 is 0 Å². The maximum absolute atomic E-state index is 12.9. The van der Waals surface area contributed by atoms with Gasteiger partial charge in [-0.15, -0.1) is 0 Å². The van der Waals surface area contributed by atoms with Crippen molar-refractivity contribution in [1.29, 1.82) is 0 Å². The lowest BCUT2D eigenvalue weighted by Gasteiger charge is -2.31. The molecule has 6 nitrogen and oxygen atoms in total. The molecule has 0 spiro atoms. The number of ether oxygens (including phenoxy) is 2. The van der Waals surface area contributed by atoms with E-state index in [1.54, 1.807) is 23.5 Å². The Labute approximate surface area is 145 Å². The molecule has 1 aromatic rings. The number of piperidine rings is 1. The smallest absolute Gasteiger partial charge is 0.243 e. The summed E-state index contributed by atoms with van der Waals surface area (Å²) in [4.78, 5) is 0.334. The number of benzene rings is 1. The average Bonchev–Trinajstić information content (AvgIpc) is 2.55. The van der Waals surface area contributed by atoms with Crippen molar-refractivity contribution < 1.29 is 17.9 Å². The van der Waals surface area contributed by atoms with Crippen LogP contribution in [0.15, 0.2) is 17.0 Å². The number of hydrogen-bond acceptors (Lipinski definition) is 5. The minimum absolute atomic E-state index is 0.127. The molecule has 1 saturated heterocycles. The molecule has 1 heterocycles. The lowest BCUT2D eigenvalue weighted by atomic mass is 10.1. The second-order valence-corrected chi connectivity index (χ2v) is 8.14. The summed E-state index contributed by atoms with van der Waals surface area (Å²) in [6.07, 6.45) is 2.40. The van der Waals surface area contributed by atoms with Crippen LogP contribution in [-0.4, -0.2) is 52.2 Å². The topological polar surface area (TPSA) is 81.9 Å². The van der Waals surface area contributed by atoms with Crippen LogP contribution < -0.4 is 10.5 Å². The molecule has 1 aliphatic heterocycles. The lowest BCUT2D eigenvalue weighted by Crippen LogP contribution is -2.41. The summed E-state index contributed by atoms with van der Waals surface area (Å²) in [5, 5.41) is 0. The Morgan fingerprint density at radius 1 is 1.21 bits per heavy atom. The number of nitrogens with two attached hydrogens (primary N) is 1. The first kappa shape index (κ1) is 19.2. The number of methoxy groups -OCH3 is 1. The molecule has 2 N–H and O–H groups in total. The van der Waals surface area contributed by atoms with Crippen LogP contribution in [0.25, 0.3) is 0 Å². The number of aryl methyl sites for hydroxylation is 2. The molecule has 1 aromatic carbocycles. The van der Waals surface area contributed by atoms with Gasteiger partial charge in [-0.2, -0.15) is 4.31 Å². The minimum atomic E-state index is -3.48. The van der Waals surface area contributed by atoms with Gasteiger partial charge in [-0.05, 0) is 62.9 Å². The highest BCUT2D eigenvalue weighted by atomic mass is 32.2. The van der Waals surface area contributed by atoms with Gasteiger partial charge in [0.2, 0.25) is 10.0 Å². The Morgan fingerprint density at radius 2 is 1.79 bits per heavy atom. The minimum Gasteiger partial charge on any atom is -0.496 e. The molecule has 1 fully saturated rings. The SMILES string of the molecule is COc1c(C)cc(S(=O)(=O)N2CCC(OCCCN)CC2)cc1C. The summed E-state index contributed by atoms with van der Waals surface area (Å²) in [7, 11) is -1.88. The van der Waals surface area contributed by atoms with E-state index in [1.807, 2.05) is 13.8 Å². The summed E-state index contributed by atoms with van der Waals surface area (Å²) in [6.45, 7) is 5.96. The molecule has 7 heteroatoms. The zero-order valence-corrected chi connectivity index (χ0v) is 15.6. The lowest BCUT2D eigenvalue weighted by molar-refractivity contribution is 0.0209. The van der Waals surface area contributed by atoms with Gasteiger partial charge in [0, 0.05) is 19.7 Å². The first-order chi connectivity index (χ1) is 11.4. The Balaban J connectivity index is 2.07. The molecule has 1 aliphatic rings.